The van der Waals surface area contributed by atoms with E-state index in [-0.39, 0.29) is 0 Å². The van der Waals surface area contributed by atoms with Crippen molar-refractivity contribution in [3.05, 3.63) is 23.4 Å². The molecule has 0 unspecified atom stereocenters. The molecule has 2 aliphatic rings. The van der Waals surface area contributed by atoms with Gasteiger partial charge in [-0.3, -0.25) is 9.59 Å². The van der Waals surface area contributed by atoms with Crippen molar-refractivity contribution in [1.29, 1.82) is 0 Å². The fourth-order valence-electron chi connectivity index (χ4n) is 2.84. The first kappa shape index (κ1) is 15.6. The third-order valence-electron chi connectivity index (χ3n) is 3.99. The fraction of sp³-hybridized carbons (Fsp3) is 0.600. The SMILES string of the molecule is NC(=O)C1=CN(CCCN2CCCCC2)CC(C(N)=O)=C1. The Morgan fingerprint density at radius 1 is 1.05 bits per heavy atom. The van der Waals surface area contributed by atoms with Gasteiger partial charge in [-0.05, 0) is 45.0 Å². The summed E-state index contributed by atoms with van der Waals surface area (Å²) in [4.78, 5) is 27.1. The zero-order valence-corrected chi connectivity index (χ0v) is 12.4. The summed E-state index contributed by atoms with van der Waals surface area (Å²) in [5.74, 6) is -1.03. The van der Waals surface area contributed by atoms with E-state index in [0.717, 1.165) is 19.5 Å². The molecule has 0 atom stereocenters. The standard InChI is InChI=1S/C15H24N4O2/c16-14(20)12-9-13(15(17)21)11-19(10-12)8-4-7-18-5-2-1-3-6-18/h9-10H,1-8,11H2,(H2,16,20)(H2,17,21). The summed E-state index contributed by atoms with van der Waals surface area (Å²) in [7, 11) is 0. The highest BCUT2D eigenvalue weighted by Gasteiger charge is 2.18. The van der Waals surface area contributed by atoms with Gasteiger partial charge in [-0.25, -0.2) is 0 Å². The van der Waals surface area contributed by atoms with Crippen LogP contribution < -0.4 is 11.5 Å². The highest BCUT2D eigenvalue weighted by Crippen LogP contribution is 2.14. The molecular weight excluding hydrogens is 268 g/mol. The molecule has 1 fully saturated rings. The zero-order valence-electron chi connectivity index (χ0n) is 12.4. The number of hydrogen-bond donors (Lipinski definition) is 2. The highest BCUT2D eigenvalue weighted by molar-refractivity contribution is 6.00. The largest absolute Gasteiger partial charge is 0.372 e. The first-order chi connectivity index (χ1) is 10.1. The second-order valence-corrected chi connectivity index (χ2v) is 5.71. The van der Waals surface area contributed by atoms with E-state index in [9.17, 15) is 9.59 Å². The van der Waals surface area contributed by atoms with E-state index in [1.807, 2.05) is 4.90 Å². The Labute approximate surface area is 125 Å². The summed E-state index contributed by atoms with van der Waals surface area (Å²) >= 11 is 0. The van der Waals surface area contributed by atoms with Gasteiger partial charge in [0.1, 0.15) is 0 Å². The minimum absolute atomic E-state index is 0.341. The number of piperidine rings is 1. The molecule has 2 rings (SSSR count). The van der Waals surface area contributed by atoms with Crippen LogP contribution in [0.1, 0.15) is 25.7 Å². The maximum absolute atomic E-state index is 11.3. The molecule has 0 aromatic rings. The number of rotatable bonds is 6. The number of amides is 2. The molecule has 2 amide bonds. The van der Waals surface area contributed by atoms with Crippen LogP contribution in [-0.4, -0.2) is 54.3 Å². The van der Waals surface area contributed by atoms with Crippen LogP contribution in [0.25, 0.3) is 0 Å². The normalized spacial score (nSPS) is 19.9. The van der Waals surface area contributed by atoms with Gasteiger partial charge in [-0.2, -0.15) is 0 Å². The van der Waals surface area contributed by atoms with Crippen LogP contribution in [0.15, 0.2) is 23.4 Å². The summed E-state index contributed by atoms with van der Waals surface area (Å²) < 4.78 is 0. The molecule has 4 N–H and O–H groups in total. The number of likely N-dealkylation sites (tertiary alicyclic amines) is 1. The number of carbonyl (C=O) groups is 2. The molecule has 6 heteroatoms. The van der Waals surface area contributed by atoms with Gasteiger partial charge in [0, 0.05) is 24.9 Å². The molecular formula is C15H24N4O2. The summed E-state index contributed by atoms with van der Waals surface area (Å²) in [6, 6.07) is 0. The van der Waals surface area contributed by atoms with E-state index in [1.165, 1.54) is 38.4 Å². The molecule has 0 aromatic heterocycles. The summed E-state index contributed by atoms with van der Waals surface area (Å²) in [5, 5.41) is 0. The van der Waals surface area contributed by atoms with Gasteiger partial charge in [0.05, 0.1) is 5.57 Å². The molecule has 0 spiro atoms. The smallest absolute Gasteiger partial charge is 0.250 e. The molecule has 0 saturated carbocycles. The van der Waals surface area contributed by atoms with Crippen molar-refractivity contribution in [3.63, 3.8) is 0 Å². The van der Waals surface area contributed by atoms with Crippen molar-refractivity contribution >= 4 is 11.8 Å². The highest BCUT2D eigenvalue weighted by atomic mass is 16.1. The van der Waals surface area contributed by atoms with Crippen molar-refractivity contribution in [2.45, 2.75) is 25.7 Å². The lowest BCUT2D eigenvalue weighted by atomic mass is 10.1. The van der Waals surface area contributed by atoms with Crippen LogP contribution in [0.5, 0.6) is 0 Å². The van der Waals surface area contributed by atoms with E-state index < -0.39 is 11.8 Å². The lowest BCUT2D eigenvalue weighted by molar-refractivity contribution is -0.114. The second-order valence-electron chi connectivity index (χ2n) is 5.71. The van der Waals surface area contributed by atoms with Gasteiger partial charge in [0.15, 0.2) is 0 Å². The van der Waals surface area contributed by atoms with Gasteiger partial charge in [-0.15, -0.1) is 0 Å². The van der Waals surface area contributed by atoms with E-state index in [4.69, 9.17) is 11.5 Å². The molecule has 2 heterocycles. The van der Waals surface area contributed by atoms with Crippen LogP contribution >= 0.6 is 0 Å². The monoisotopic (exact) mass is 292 g/mol. The van der Waals surface area contributed by atoms with Crippen LogP contribution in [0, 0.1) is 0 Å². The molecule has 2 aliphatic heterocycles. The van der Waals surface area contributed by atoms with Crippen molar-refractivity contribution in [2.75, 3.05) is 32.7 Å². The van der Waals surface area contributed by atoms with Crippen molar-refractivity contribution < 1.29 is 9.59 Å². The maximum atomic E-state index is 11.3. The zero-order chi connectivity index (χ0) is 15.2. The van der Waals surface area contributed by atoms with E-state index >= 15 is 0 Å². The number of primary amides is 2. The molecule has 0 aromatic carbocycles. The van der Waals surface area contributed by atoms with E-state index in [0.29, 0.717) is 17.7 Å². The first-order valence-corrected chi connectivity index (χ1v) is 7.54. The minimum Gasteiger partial charge on any atom is -0.372 e. The third-order valence-corrected chi connectivity index (χ3v) is 3.99. The van der Waals surface area contributed by atoms with Crippen molar-refractivity contribution in [2.24, 2.45) is 11.5 Å². The van der Waals surface area contributed by atoms with Crippen LogP contribution in [0.3, 0.4) is 0 Å². The molecule has 0 aliphatic carbocycles. The summed E-state index contributed by atoms with van der Waals surface area (Å²) in [5.41, 5.74) is 11.4. The molecule has 21 heavy (non-hydrogen) atoms. The number of hydrogen-bond acceptors (Lipinski definition) is 4. The summed E-state index contributed by atoms with van der Waals surface area (Å²) in [6.45, 7) is 4.64. The average molecular weight is 292 g/mol. The second kappa shape index (κ2) is 7.26. The van der Waals surface area contributed by atoms with Crippen molar-refractivity contribution in [3.8, 4) is 0 Å². The Hall–Kier alpha value is -1.82. The van der Waals surface area contributed by atoms with Gasteiger partial charge in [0.2, 0.25) is 11.8 Å². The Kier molecular flexibility index (Phi) is 5.38. The minimum atomic E-state index is -0.533. The van der Waals surface area contributed by atoms with Crippen LogP contribution in [0.2, 0.25) is 0 Å². The Bertz CT molecular complexity index is 464. The number of carbonyl (C=O) groups excluding carboxylic acids is 2. The molecule has 0 bridgehead atoms. The summed E-state index contributed by atoms with van der Waals surface area (Å²) in [6.07, 6.45) is 8.11. The average Bonchev–Trinajstić information content (AvgIpc) is 2.48. The maximum Gasteiger partial charge on any atom is 0.250 e. The predicted octanol–water partition coefficient (Wildman–Crippen LogP) is -0.0411. The van der Waals surface area contributed by atoms with E-state index in [2.05, 4.69) is 4.90 Å². The Morgan fingerprint density at radius 3 is 2.38 bits per heavy atom. The van der Waals surface area contributed by atoms with E-state index in [1.54, 1.807) is 6.20 Å². The lowest BCUT2D eigenvalue weighted by Gasteiger charge is -2.29. The third kappa shape index (κ3) is 4.60. The fourth-order valence-corrected chi connectivity index (χ4v) is 2.84. The predicted molar refractivity (Wildman–Crippen MR) is 81.0 cm³/mol. The number of nitrogens with two attached hydrogens (primary N) is 2. The topological polar surface area (TPSA) is 92.7 Å². The van der Waals surface area contributed by atoms with Gasteiger partial charge in [-0.1, -0.05) is 6.42 Å². The molecule has 0 radical (unpaired) electrons. The molecule has 116 valence electrons. The van der Waals surface area contributed by atoms with Crippen LogP contribution in [0.4, 0.5) is 0 Å². The van der Waals surface area contributed by atoms with Crippen molar-refractivity contribution in [1.82, 2.24) is 9.80 Å². The Morgan fingerprint density at radius 2 is 1.76 bits per heavy atom. The first-order valence-electron chi connectivity index (χ1n) is 7.54. The van der Waals surface area contributed by atoms with Gasteiger partial charge >= 0.3 is 0 Å². The van der Waals surface area contributed by atoms with Crippen LogP contribution in [-0.2, 0) is 9.59 Å². The number of nitrogens with zero attached hydrogens (tertiary/aromatic N) is 2. The molecule has 1 saturated heterocycles. The van der Waals surface area contributed by atoms with Gasteiger partial charge in [0.25, 0.3) is 0 Å². The quantitative estimate of drug-likeness (QED) is 0.718. The van der Waals surface area contributed by atoms with Gasteiger partial charge < -0.3 is 21.3 Å². The lowest BCUT2D eigenvalue weighted by Crippen LogP contribution is -2.35. The molecule has 6 nitrogen and oxygen atoms in total. The Balaban J connectivity index is 1.86.